The van der Waals surface area contributed by atoms with Crippen molar-refractivity contribution in [1.82, 2.24) is 19.5 Å². The van der Waals surface area contributed by atoms with E-state index < -0.39 is 17.6 Å². The van der Waals surface area contributed by atoms with Gasteiger partial charge in [-0.15, -0.1) is 0 Å². The molecule has 0 radical (unpaired) electrons. The largest absolute Gasteiger partial charge is 0.493 e. The Kier molecular flexibility index (Phi) is 7.57. The molecular weight excluding hydrogens is 553 g/mol. The Hall–Kier alpha value is -5.33. The maximum atomic E-state index is 13.1. The number of benzene rings is 3. The molecule has 3 aromatic carbocycles. The van der Waals surface area contributed by atoms with Crippen molar-refractivity contribution in [2.75, 3.05) is 26.6 Å². The summed E-state index contributed by atoms with van der Waals surface area (Å²) >= 11 is 0. The molecule has 0 fully saturated rings. The van der Waals surface area contributed by atoms with E-state index in [1.165, 1.54) is 39.8 Å². The van der Waals surface area contributed by atoms with Gasteiger partial charge in [0.2, 0.25) is 11.7 Å². The van der Waals surface area contributed by atoms with Crippen molar-refractivity contribution in [3.8, 4) is 28.6 Å². The van der Waals surface area contributed by atoms with Crippen LogP contribution in [0.25, 0.3) is 22.6 Å². The number of rotatable bonds is 9. The lowest BCUT2D eigenvalue weighted by atomic mass is 10.1. The number of anilines is 2. The Bertz CT molecular complexity index is 1730. The summed E-state index contributed by atoms with van der Waals surface area (Å²) in [4.78, 5) is 25.5. The fraction of sp³-hybridized carbons (Fsp3) is 0.172. The molecule has 0 atom stereocenters. The van der Waals surface area contributed by atoms with E-state index >= 15 is 0 Å². The van der Waals surface area contributed by atoms with Gasteiger partial charge >= 0.3 is 6.18 Å². The molecule has 5 rings (SSSR count). The van der Waals surface area contributed by atoms with Crippen LogP contribution in [0, 0.1) is 0 Å². The normalized spacial score (nSPS) is 11.4. The monoisotopic (exact) mass is 578 g/mol. The molecule has 0 aliphatic carbocycles. The molecule has 0 unspecified atom stereocenters. The van der Waals surface area contributed by atoms with Gasteiger partial charge in [-0.1, -0.05) is 24.3 Å². The fourth-order valence-corrected chi connectivity index (χ4v) is 4.35. The number of methoxy groups -OCH3 is 3. The number of nitrogens with zero attached hydrogens (tertiary/aromatic N) is 4. The molecule has 2 heterocycles. The highest BCUT2D eigenvalue weighted by Gasteiger charge is 2.30. The topological polar surface area (TPSA) is 126 Å². The van der Waals surface area contributed by atoms with Gasteiger partial charge in [-0.2, -0.15) is 13.2 Å². The summed E-state index contributed by atoms with van der Waals surface area (Å²) in [6, 6.07) is 14.8. The number of fused-ring (bicyclic) bond motifs is 1. The average Bonchev–Trinajstić information content (AvgIpc) is 3.39. The van der Waals surface area contributed by atoms with Crippen molar-refractivity contribution in [2.24, 2.45) is 5.73 Å². The van der Waals surface area contributed by atoms with Gasteiger partial charge in [-0.3, -0.25) is 4.79 Å². The van der Waals surface area contributed by atoms with Crippen molar-refractivity contribution in [2.45, 2.75) is 12.7 Å². The highest BCUT2D eigenvalue weighted by atomic mass is 19.4. The minimum Gasteiger partial charge on any atom is -0.493 e. The molecule has 0 saturated heterocycles. The van der Waals surface area contributed by atoms with Crippen molar-refractivity contribution in [3.63, 3.8) is 0 Å². The van der Waals surface area contributed by atoms with Gasteiger partial charge in [0.15, 0.2) is 34.3 Å². The number of amides is 1. The third-order valence-corrected chi connectivity index (χ3v) is 6.45. The highest BCUT2D eigenvalue weighted by molar-refractivity contribution is 5.93. The van der Waals surface area contributed by atoms with Crippen LogP contribution in [-0.4, -0.2) is 46.8 Å². The molecule has 1 amide bonds. The first-order chi connectivity index (χ1) is 20.1. The molecule has 0 aliphatic heterocycles. The van der Waals surface area contributed by atoms with Crippen LogP contribution < -0.4 is 25.3 Å². The van der Waals surface area contributed by atoms with Crippen LogP contribution in [0.1, 0.15) is 21.5 Å². The lowest BCUT2D eigenvalue weighted by Crippen LogP contribution is -2.10. The Morgan fingerprint density at radius 2 is 1.57 bits per heavy atom. The Balaban J connectivity index is 1.60. The summed E-state index contributed by atoms with van der Waals surface area (Å²) in [6.45, 7) is 0.204. The number of halogens is 3. The lowest BCUT2D eigenvalue weighted by molar-refractivity contribution is -0.137. The van der Waals surface area contributed by atoms with Crippen molar-refractivity contribution < 1.29 is 32.2 Å². The molecule has 2 aromatic heterocycles. The van der Waals surface area contributed by atoms with Crippen molar-refractivity contribution in [1.29, 1.82) is 0 Å². The number of hydrogen-bond acceptors (Lipinski definition) is 8. The maximum absolute atomic E-state index is 13.1. The second kappa shape index (κ2) is 11.3. The Morgan fingerprint density at radius 1 is 0.929 bits per heavy atom. The smallest absolute Gasteiger partial charge is 0.416 e. The number of aromatic nitrogens is 4. The predicted octanol–water partition coefficient (Wildman–Crippen LogP) is 5.43. The zero-order valence-electron chi connectivity index (χ0n) is 22.7. The number of imidazole rings is 1. The van der Waals surface area contributed by atoms with Crippen molar-refractivity contribution >= 4 is 28.6 Å². The van der Waals surface area contributed by atoms with E-state index in [0.717, 1.165) is 12.1 Å². The highest BCUT2D eigenvalue weighted by Crippen LogP contribution is 2.41. The van der Waals surface area contributed by atoms with E-state index in [0.29, 0.717) is 62.4 Å². The number of nitrogens with one attached hydrogen (secondary N) is 1. The quantitative estimate of drug-likeness (QED) is 0.237. The number of primary amides is 1. The third kappa shape index (κ3) is 5.61. The summed E-state index contributed by atoms with van der Waals surface area (Å²) in [6.07, 6.45) is -2.89. The van der Waals surface area contributed by atoms with Crippen molar-refractivity contribution in [3.05, 3.63) is 83.7 Å². The molecule has 3 N–H and O–H groups in total. The van der Waals surface area contributed by atoms with Gasteiger partial charge in [0, 0.05) is 28.9 Å². The zero-order chi connectivity index (χ0) is 30.0. The van der Waals surface area contributed by atoms with Gasteiger partial charge in [-0.05, 0) is 29.8 Å². The second-order valence-corrected chi connectivity index (χ2v) is 9.12. The van der Waals surface area contributed by atoms with E-state index in [1.807, 2.05) is 0 Å². The minimum atomic E-state index is -4.43. The summed E-state index contributed by atoms with van der Waals surface area (Å²) in [7, 11) is 4.50. The maximum Gasteiger partial charge on any atom is 0.416 e. The number of alkyl halides is 3. The molecule has 10 nitrogen and oxygen atoms in total. The minimum absolute atomic E-state index is 0.204. The molecule has 0 saturated carbocycles. The summed E-state index contributed by atoms with van der Waals surface area (Å²) in [5.74, 6) is 1.32. The number of nitrogens with two attached hydrogens (primary N) is 1. The molecule has 0 aliphatic rings. The molecule has 0 spiro atoms. The van der Waals surface area contributed by atoms with Crippen LogP contribution in [0.4, 0.5) is 24.7 Å². The second-order valence-electron chi connectivity index (χ2n) is 9.12. The standard InChI is InChI=1S/C29H25F3N6O4/c1-40-21-12-20(13-22(41-2)24(21)42-3)35-27-23-28(37-26(36-27)18-8-6-17(7-9-18)25(33)39)38(15-34-23)14-16-4-10-19(11-5-16)29(30,31)32/h4-13,15H,14H2,1-3H3,(H2,33,39)(H,35,36,37). The molecular formula is C29H25F3N6O4. The Labute approximate surface area is 237 Å². The van der Waals surface area contributed by atoms with Crippen LogP contribution >= 0.6 is 0 Å². The summed E-state index contributed by atoms with van der Waals surface area (Å²) < 4.78 is 57.2. The van der Waals surface area contributed by atoms with Crippen LogP contribution in [0.3, 0.4) is 0 Å². The number of hydrogen-bond donors (Lipinski definition) is 2. The van der Waals surface area contributed by atoms with Gasteiger partial charge in [0.25, 0.3) is 0 Å². The number of carbonyl (C=O) groups is 1. The molecule has 216 valence electrons. The van der Waals surface area contributed by atoms with E-state index in [1.54, 1.807) is 41.0 Å². The van der Waals surface area contributed by atoms with Gasteiger partial charge in [0.1, 0.15) is 0 Å². The van der Waals surface area contributed by atoms with E-state index in [4.69, 9.17) is 29.9 Å². The van der Waals surface area contributed by atoms with Crippen LogP contribution in [0.5, 0.6) is 17.2 Å². The molecule has 5 aromatic rings. The van der Waals surface area contributed by atoms with Crippen LogP contribution in [0.2, 0.25) is 0 Å². The number of ether oxygens (including phenoxy) is 3. The van der Waals surface area contributed by atoms with Crippen LogP contribution in [-0.2, 0) is 12.7 Å². The first-order valence-electron chi connectivity index (χ1n) is 12.5. The van der Waals surface area contributed by atoms with Gasteiger partial charge in [0.05, 0.1) is 39.8 Å². The third-order valence-electron chi connectivity index (χ3n) is 6.45. The lowest BCUT2D eigenvalue weighted by Gasteiger charge is -2.15. The molecule has 42 heavy (non-hydrogen) atoms. The molecule has 0 bridgehead atoms. The average molecular weight is 579 g/mol. The van der Waals surface area contributed by atoms with E-state index in [2.05, 4.69) is 10.3 Å². The first kappa shape index (κ1) is 28.2. The summed E-state index contributed by atoms with van der Waals surface area (Å²) in [5.41, 5.74) is 7.57. The van der Waals surface area contributed by atoms with Gasteiger partial charge in [-0.25, -0.2) is 15.0 Å². The van der Waals surface area contributed by atoms with Gasteiger partial charge < -0.3 is 29.8 Å². The van der Waals surface area contributed by atoms with E-state index in [-0.39, 0.29) is 6.54 Å². The predicted molar refractivity (Wildman–Crippen MR) is 149 cm³/mol. The summed E-state index contributed by atoms with van der Waals surface area (Å²) in [5, 5.41) is 3.25. The van der Waals surface area contributed by atoms with Crippen LogP contribution in [0.15, 0.2) is 67.0 Å². The van der Waals surface area contributed by atoms with E-state index in [9.17, 15) is 18.0 Å². The zero-order valence-corrected chi connectivity index (χ0v) is 22.7. The Morgan fingerprint density at radius 3 is 2.12 bits per heavy atom. The number of carbonyl (C=O) groups excluding carboxylic acids is 1. The SMILES string of the molecule is COc1cc(Nc2nc(-c3ccc(C(N)=O)cc3)nc3c2ncn3Cc2ccc(C(F)(F)F)cc2)cc(OC)c1OC. The molecule has 13 heteroatoms. The first-order valence-corrected chi connectivity index (χ1v) is 12.5. The fourth-order valence-electron chi connectivity index (χ4n) is 4.35.